The van der Waals surface area contributed by atoms with Crippen molar-refractivity contribution in [3.8, 4) is 10.6 Å². The van der Waals surface area contributed by atoms with Gasteiger partial charge in [-0.05, 0) is 28.9 Å². The van der Waals surface area contributed by atoms with Crippen molar-refractivity contribution >= 4 is 27.3 Å². The van der Waals surface area contributed by atoms with Gasteiger partial charge in [-0.25, -0.2) is 4.98 Å². The summed E-state index contributed by atoms with van der Waals surface area (Å²) in [7, 11) is 0. The molecule has 0 spiro atoms. The highest BCUT2D eigenvalue weighted by Crippen LogP contribution is 2.32. The molecule has 0 bridgehead atoms. The van der Waals surface area contributed by atoms with Gasteiger partial charge in [-0.3, -0.25) is 4.79 Å². The molecule has 0 radical (unpaired) electrons. The molecule has 0 aliphatic rings. The molecule has 0 aromatic carbocycles. The van der Waals surface area contributed by atoms with Crippen LogP contribution < -0.4 is 5.56 Å². The standard InChI is InChI=1S/C9H7BrN2OS/c1-5-6(10)2-8(14-5)7-3-12-9(13)4-11-7/h2-4H,1H3,(H,12,13). The lowest BCUT2D eigenvalue weighted by atomic mass is 10.3. The zero-order valence-electron chi connectivity index (χ0n) is 7.37. The Labute approximate surface area is 93.0 Å². The number of aromatic nitrogens is 2. The highest BCUT2D eigenvalue weighted by atomic mass is 79.9. The molecule has 0 aliphatic heterocycles. The molecule has 2 aromatic rings. The summed E-state index contributed by atoms with van der Waals surface area (Å²) in [6, 6.07) is 2.00. The zero-order chi connectivity index (χ0) is 10.1. The van der Waals surface area contributed by atoms with Crippen molar-refractivity contribution < 1.29 is 0 Å². The number of hydrogen-bond donors (Lipinski definition) is 1. The van der Waals surface area contributed by atoms with Crippen LogP contribution in [-0.2, 0) is 0 Å². The smallest absolute Gasteiger partial charge is 0.266 e. The lowest BCUT2D eigenvalue weighted by Crippen LogP contribution is -2.03. The Hall–Kier alpha value is -0.940. The summed E-state index contributed by atoms with van der Waals surface area (Å²) in [6.07, 6.45) is 2.92. The predicted molar refractivity (Wildman–Crippen MR) is 60.6 cm³/mol. The molecular formula is C9H7BrN2OS. The van der Waals surface area contributed by atoms with Crippen LogP contribution in [0.4, 0.5) is 0 Å². The Kier molecular flexibility index (Phi) is 2.52. The molecule has 14 heavy (non-hydrogen) atoms. The van der Waals surface area contributed by atoms with E-state index in [2.05, 4.69) is 25.9 Å². The molecule has 5 heteroatoms. The van der Waals surface area contributed by atoms with Crippen LogP contribution in [0.3, 0.4) is 0 Å². The minimum atomic E-state index is -0.180. The summed E-state index contributed by atoms with van der Waals surface area (Å²) in [5.41, 5.74) is 0.615. The van der Waals surface area contributed by atoms with E-state index in [0.29, 0.717) is 0 Å². The predicted octanol–water partition coefficient (Wildman–Crippen LogP) is 2.57. The first-order valence-corrected chi connectivity index (χ1v) is 5.59. The van der Waals surface area contributed by atoms with Crippen LogP contribution in [0.1, 0.15) is 4.88 Å². The third-order valence-electron chi connectivity index (χ3n) is 1.78. The van der Waals surface area contributed by atoms with Crippen molar-refractivity contribution in [1.29, 1.82) is 0 Å². The molecule has 1 N–H and O–H groups in total. The molecule has 2 heterocycles. The van der Waals surface area contributed by atoms with Crippen LogP contribution in [0.25, 0.3) is 10.6 Å². The number of nitrogens with zero attached hydrogens (tertiary/aromatic N) is 1. The van der Waals surface area contributed by atoms with E-state index in [4.69, 9.17) is 0 Å². The fraction of sp³-hybridized carbons (Fsp3) is 0.111. The van der Waals surface area contributed by atoms with Gasteiger partial charge in [0.1, 0.15) is 0 Å². The normalized spacial score (nSPS) is 10.4. The largest absolute Gasteiger partial charge is 0.326 e. The minimum absolute atomic E-state index is 0.180. The number of rotatable bonds is 1. The molecule has 0 fully saturated rings. The van der Waals surface area contributed by atoms with Gasteiger partial charge in [0.05, 0.1) is 16.8 Å². The SMILES string of the molecule is Cc1sc(-c2c[nH]c(=O)cn2)cc1Br. The van der Waals surface area contributed by atoms with Gasteiger partial charge in [0.2, 0.25) is 0 Å². The summed E-state index contributed by atoms with van der Waals surface area (Å²) in [5.74, 6) is 0. The maximum Gasteiger partial charge on any atom is 0.266 e. The Morgan fingerprint density at radius 3 is 2.86 bits per heavy atom. The van der Waals surface area contributed by atoms with Gasteiger partial charge in [0.25, 0.3) is 5.56 Å². The van der Waals surface area contributed by atoms with E-state index in [1.54, 1.807) is 17.5 Å². The van der Waals surface area contributed by atoms with E-state index in [1.807, 2.05) is 13.0 Å². The van der Waals surface area contributed by atoms with Crippen molar-refractivity contribution in [2.75, 3.05) is 0 Å². The average Bonchev–Trinajstić information content (AvgIpc) is 2.48. The number of thiophene rings is 1. The first-order valence-electron chi connectivity index (χ1n) is 3.98. The van der Waals surface area contributed by atoms with E-state index >= 15 is 0 Å². The third-order valence-corrected chi connectivity index (χ3v) is 3.94. The molecule has 0 amide bonds. The maximum atomic E-state index is 10.8. The summed E-state index contributed by atoms with van der Waals surface area (Å²) in [4.78, 5) is 19.7. The van der Waals surface area contributed by atoms with Crippen molar-refractivity contribution in [3.05, 3.63) is 38.2 Å². The van der Waals surface area contributed by atoms with Gasteiger partial charge < -0.3 is 4.98 Å². The lowest BCUT2D eigenvalue weighted by molar-refractivity contribution is 1.15. The van der Waals surface area contributed by atoms with Gasteiger partial charge in [-0.15, -0.1) is 11.3 Å². The number of H-pyrrole nitrogens is 1. The van der Waals surface area contributed by atoms with Gasteiger partial charge in [-0.2, -0.15) is 0 Å². The van der Waals surface area contributed by atoms with Gasteiger partial charge in [0.15, 0.2) is 0 Å². The fourth-order valence-corrected chi connectivity index (χ4v) is 2.57. The Balaban J connectivity index is 2.49. The molecule has 72 valence electrons. The third kappa shape index (κ3) is 1.78. The second kappa shape index (κ2) is 3.67. The van der Waals surface area contributed by atoms with Crippen LogP contribution in [-0.4, -0.2) is 9.97 Å². The van der Waals surface area contributed by atoms with E-state index in [-0.39, 0.29) is 5.56 Å². The molecule has 2 aromatic heterocycles. The molecule has 2 rings (SSSR count). The highest BCUT2D eigenvalue weighted by Gasteiger charge is 2.05. The topological polar surface area (TPSA) is 45.8 Å². The van der Waals surface area contributed by atoms with Crippen molar-refractivity contribution in [1.82, 2.24) is 9.97 Å². The van der Waals surface area contributed by atoms with Crippen LogP contribution in [0.15, 0.2) is 27.7 Å². The summed E-state index contributed by atoms with van der Waals surface area (Å²) >= 11 is 5.08. The molecule has 0 saturated carbocycles. The van der Waals surface area contributed by atoms with Crippen molar-refractivity contribution in [2.45, 2.75) is 6.92 Å². The molecule has 0 aliphatic carbocycles. The van der Waals surface area contributed by atoms with Gasteiger partial charge >= 0.3 is 0 Å². The summed E-state index contributed by atoms with van der Waals surface area (Å²) in [6.45, 7) is 2.03. The number of aromatic amines is 1. The van der Waals surface area contributed by atoms with Crippen molar-refractivity contribution in [2.24, 2.45) is 0 Å². The van der Waals surface area contributed by atoms with Crippen LogP contribution in [0.5, 0.6) is 0 Å². The first kappa shape index (κ1) is 9.61. The highest BCUT2D eigenvalue weighted by molar-refractivity contribution is 9.10. The van der Waals surface area contributed by atoms with Gasteiger partial charge in [-0.1, -0.05) is 0 Å². The molecule has 0 unspecified atom stereocenters. The molecule has 0 saturated heterocycles. The van der Waals surface area contributed by atoms with E-state index in [9.17, 15) is 4.79 Å². The average molecular weight is 271 g/mol. The second-order valence-corrected chi connectivity index (χ2v) is 4.92. The van der Waals surface area contributed by atoms with E-state index < -0.39 is 0 Å². The Bertz CT molecular complexity index is 478. The number of hydrogen-bond acceptors (Lipinski definition) is 3. The second-order valence-electron chi connectivity index (χ2n) is 2.81. The Morgan fingerprint density at radius 1 is 1.57 bits per heavy atom. The lowest BCUT2D eigenvalue weighted by Gasteiger charge is -1.92. The molecule has 3 nitrogen and oxygen atoms in total. The zero-order valence-corrected chi connectivity index (χ0v) is 9.78. The number of aryl methyl sites for hydroxylation is 1. The fourth-order valence-electron chi connectivity index (χ4n) is 1.06. The van der Waals surface area contributed by atoms with E-state index in [0.717, 1.165) is 15.0 Å². The van der Waals surface area contributed by atoms with Crippen LogP contribution >= 0.6 is 27.3 Å². The Morgan fingerprint density at radius 2 is 2.36 bits per heavy atom. The number of nitrogens with one attached hydrogen (secondary N) is 1. The van der Waals surface area contributed by atoms with Gasteiger partial charge in [0, 0.05) is 15.5 Å². The number of halogens is 1. The van der Waals surface area contributed by atoms with Crippen LogP contribution in [0, 0.1) is 6.92 Å². The maximum absolute atomic E-state index is 10.8. The summed E-state index contributed by atoms with van der Waals surface area (Å²) in [5, 5.41) is 0. The van der Waals surface area contributed by atoms with Crippen LogP contribution in [0.2, 0.25) is 0 Å². The quantitative estimate of drug-likeness (QED) is 0.866. The summed E-state index contributed by atoms with van der Waals surface area (Å²) < 4.78 is 1.07. The minimum Gasteiger partial charge on any atom is -0.326 e. The first-order chi connectivity index (χ1) is 6.66. The molecule has 0 atom stereocenters. The molecular weight excluding hydrogens is 264 g/mol. The monoisotopic (exact) mass is 270 g/mol. The van der Waals surface area contributed by atoms with Crippen molar-refractivity contribution in [3.63, 3.8) is 0 Å². The van der Waals surface area contributed by atoms with E-state index in [1.165, 1.54) is 11.1 Å².